The minimum atomic E-state index is 0.0121. The molecule has 0 bridgehead atoms. The highest BCUT2D eigenvalue weighted by molar-refractivity contribution is 9.10. The number of amides is 1. The molecule has 1 aliphatic carbocycles. The van der Waals surface area contributed by atoms with Crippen LogP contribution in [0.25, 0.3) is 0 Å². The first kappa shape index (κ1) is 14.1. The van der Waals surface area contributed by atoms with Crippen molar-refractivity contribution in [1.29, 1.82) is 0 Å². The van der Waals surface area contributed by atoms with E-state index < -0.39 is 0 Å². The summed E-state index contributed by atoms with van der Waals surface area (Å²) in [6, 6.07) is 8.64. The molecule has 1 saturated carbocycles. The van der Waals surface area contributed by atoms with Crippen molar-refractivity contribution in [2.75, 3.05) is 6.54 Å². The highest BCUT2D eigenvalue weighted by Gasteiger charge is 2.39. The van der Waals surface area contributed by atoms with Gasteiger partial charge in [0.05, 0.1) is 6.04 Å². The van der Waals surface area contributed by atoms with Gasteiger partial charge in [0.2, 0.25) is 5.91 Å². The van der Waals surface area contributed by atoms with Gasteiger partial charge in [0.15, 0.2) is 0 Å². The van der Waals surface area contributed by atoms with E-state index in [0.717, 1.165) is 36.8 Å². The van der Waals surface area contributed by atoms with Crippen LogP contribution in [0.1, 0.15) is 31.7 Å². The molecular formula is C16H21BrN2O. The van der Waals surface area contributed by atoms with Crippen LogP contribution in [0, 0.1) is 5.92 Å². The first-order valence-corrected chi connectivity index (χ1v) is 8.23. The fourth-order valence-corrected chi connectivity index (χ4v) is 3.34. The molecule has 2 unspecified atom stereocenters. The third-order valence-electron chi connectivity index (χ3n) is 4.37. The number of nitrogens with zero attached hydrogens (tertiary/aromatic N) is 1. The van der Waals surface area contributed by atoms with Gasteiger partial charge in [-0.1, -0.05) is 41.1 Å². The molecule has 0 spiro atoms. The summed E-state index contributed by atoms with van der Waals surface area (Å²) in [5.41, 5.74) is 1.19. The molecule has 1 amide bonds. The van der Waals surface area contributed by atoms with Crippen LogP contribution in [0.3, 0.4) is 0 Å². The van der Waals surface area contributed by atoms with Crippen molar-refractivity contribution in [2.45, 2.75) is 44.8 Å². The van der Waals surface area contributed by atoms with Crippen molar-refractivity contribution < 1.29 is 4.79 Å². The monoisotopic (exact) mass is 336 g/mol. The summed E-state index contributed by atoms with van der Waals surface area (Å²) in [5.74, 6) is 0.733. The molecule has 4 heteroatoms. The Labute approximate surface area is 128 Å². The zero-order valence-corrected chi connectivity index (χ0v) is 13.4. The maximum absolute atomic E-state index is 12.8. The van der Waals surface area contributed by atoms with Crippen LogP contribution < -0.4 is 5.32 Å². The molecule has 1 saturated heterocycles. The Bertz CT molecular complexity index is 501. The van der Waals surface area contributed by atoms with Gasteiger partial charge in [0, 0.05) is 17.1 Å². The number of hydrogen-bond donors (Lipinski definition) is 1. The van der Waals surface area contributed by atoms with E-state index in [1.165, 1.54) is 5.56 Å². The average Bonchev–Trinajstić information content (AvgIpc) is 3.19. The van der Waals surface area contributed by atoms with Gasteiger partial charge in [-0.2, -0.15) is 0 Å². The number of rotatable bonds is 4. The lowest BCUT2D eigenvalue weighted by atomic mass is 10.0. The molecule has 3 nitrogen and oxygen atoms in total. The molecule has 0 aromatic heterocycles. The topological polar surface area (TPSA) is 32.3 Å². The number of nitrogens with one attached hydrogen (secondary N) is 1. The number of halogens is 1. The quantitative estimate of drug-likeness (QED) is 0.916. The minimum absolute atomic E-state index is 0.0121. The van der Waals surface area contributed by atoms with Crippen LogP contribution in [0.4, 0.5) is 0 Å². The van der Waals surface area contributed by atoms with Crippen LogP contribution in [0.5, 0.6) is 0 Å². The molecule has 108 valence electrons. The lowest BCUT2D eigenvalue weighted by Gasteiger charge is -2.28. The highest BCUT2D eigenvalue weighted by Crippen LogP contribution is 2.31. The fourth-order valence-electron chi connectivity index (χ4n) is 2.93. The van der Waals surface area contributed by atoms with Crippen LogP contribution >= 0.6 is 15.9 Å². The van der Waals surface area contributed by atoms with E-state index in [-0.39, 0.29) is 11.9 Å². The predicted octanol–water partition coefficient (Wildman–Crippen LogP) is 2.94. The van der Waals surface area contributed by atoms with Gasteiger partial charge in [-0.05, 0) is 43.4 Å². The van der Waals surface area contributed by atoms with Crippen molar-refractivity contribution >= 4 is 21.8 Å². The molecule has 1 aliphatic heterocycles. The SMILES string of the molecule is CC1CCNC1C(=O)N(Cc1ccccc1Br)C1CC1. The summed E-state index contributed by atoms with van der Waals surface area (Å²) >= 11 is 3.59. The second kappa shape index (κ2) is 5.86. The smallest absolute Gasteiger partial charge is 0.240 e. The summed E-state index contributed by atoms with van der Waals surface area (Å²) in [6.45, 7) is 3.85. The second-order valence-corrected chi connectivity index (χ2v) is 6.84. The summed E-state index contributed by atoms with van der Waals surface area (Å²) in [7, 11) is 0. The van der Waals surface area contributed by atoms with Crippen LogP contribution in [-0.2, 0) is 11.3 Å². The van der Waals surface area contributed by atoms with Gasteiger partial charge >= 0.3 is 0 Å². The number of carbonyl (C=O) groups excluding carboxylic acids is 1. The van der Waals surface area contributed by atoms with Crippen LogP contribution in [-0.4, -0.2) is 29.4 Å². The third-order valence-corrected chi connectivity index (χ3v) is 5.14. The number of benzene rings is 1. The molecule has 1 heterocycles. The van der Waals surface area contributed by atoms with E-state index in [0.29, 0.717) is 12.0 Å². The fraction of sp³-hybridized carbons (Fsp3) is 0.562. The summed E-state index contributed by atoms with van der Waals surface area (Å²) in [5, 5.41) is 3.37. The molecule has 0 radical (unpaired) electrons. The Balaban J connectivity index is 1.76. The molecular weight excluding hydrogens is 316 g/mol. The first-order chi connectivity index (χ1) is 9.66. The summed E-state index contributed by atoms with van der Waals surface area (Å²) in [6.07, 6.45) is 3.40. The van der Waals surface area contributed by atoms with Crippen molar-refractivity contribution in [3.05, 3.63) is 34.3 Å². The van der Waals surface area contributed by atoms with Gasteiger partial charge in [-0.3, -0.25) is 4.79 Å². The Morgan fingerprint density at radius 1 is 1.35 bits per heavy atom. The zero-order chi connectivity index (χ0) is 14.1. The molecule has 2 fully saturated rings. The zero-order valence-electron chi connectivity index (χ0n) is 11.8. The van der Waals surface area contributed by atoms with Gasteiger partial charge < -0.3 is 10.2 Å². The van der Waals surface area contributed by atoms with Gasteiger partial charge in [0.25, 0.3) is 0 Å². The lowest BCUT2D eigenvalue weighted by Crippen LogP contribution is -2.46. The van der Waals surface area contributed by atoms with Gasteiger partial charge in [0.1, 0.15) is 0 Å². The summed E-state index contributed by atoms with van der Waals surface area (Å²) < 4.78 is 1.09. The average molecular weight is 337 g/mol. The molecule has 1 aromatic rings. The summed E-state index contributed by atoms with van der Waals surface area (Å²) in [4.78, 5) is 14.9. The standard InChI is InChI=1S/C16H21BrN2O/c1-11-8-9-18-15(11)16(20)19(13-6-7-13)10-12-4-2-3-5-14(12)17/h2-5,11,13,15,18H,6-10H2,1H3. The largest absolute Gasteiger partial charge is 0.334 e. The predicted molar refractivity (Wildman–Crippen MR) is 83.3 cm³/mol. The van der Waals surface area contributed by atoms with Gasteiger partial charge in [-0.25, -0.2) is 0 Å². The Kier molecular flexibility index (Phi) is 4.13. The molecule has 2 atom stereocenters. The van der Waals surface area contributed by atoms with Crippen molar-refractivity contribution in [2.24, 2.45) is 5.92 Å². The number of hydrogen-bond acceptors (Lipinski definition) is 2. The second-order valence-electron chi connectivity index (χ2n) is 5.99. The Hall–Kier alpha value is -0.870. The Morgan fingerprint density at radius 2 is 2.10 bits per heavy atom. The minimum Gasteiger partial charge on any atom is -0.334 e. The van der Waals surface area contributed by atoms with Crippen molar-refractivity contribution in [3.63, 3.8) is 0 Å². The lowest BCUT2D eigenvalue weighted by molar-refractivity contribution is -0.135. The molecule has 2 aliphatic rings. The normalized spacial score (nSPS) is 25.7. The maximum atomic E-state index is 12.8. The van der Waals surface area contributed by atoms with E-state index in [9.17, 15) is 4.79 Å². The maximum Gasteiger partial charge on any atom is 0.240 e. The number of carbonyl (C=O) groups is 1. The molecule has 20 heavy (non-hydrogen) atoms. The van der Waals surface area contributed by atoms with Crippen molar-refractivity contribution in [3.8, 4) is 0 Å². The van der Waals surface area contributed by atoms with E-state index in [4.69, 9.17) is 0 Å². The van der Waals surface area contributed by atoms with E-state index >= 15 is 0 Å². The molecule has 3 rings (SSSR count). The van der Waals surface area contributed by atoms with Gasteiger partial charge in [-0.15, -0.1) is 0 Å². The Morgan fingerprint density at radius 3 is 2.70 bits per heavy atom. The van der Waals surface area contributed by atoms with E-state index in [1.54, 1.807) is 0 Å². The molecule has 1 aromatic carbocycles. The highest BCUT2D eigenvalue weighted by atomic mass is 79.9. The van der Waals surface area contributed by atoms with Crippen LogP contribution in [0.2, 0.25) is 0 Å². The van der Waals surface area contributed by atoms with Crippen molar-refractivity contribution in [1.82, 2.24) is 10.2 Å². The molecule has 1 N–H and O–H groups in total. The van der Waals surface area contributed by atoms with E-state index in [1.807, 2.05) is 18.2 Å². The first-order valence-electron chi connectivity index (χ1n) is 7.44. The van der Waals surface area contributed by atoms with Crippen LogP contribution in [0.15, 0.2) is 28.7 Å². The van der Waals surface area contributed by atoms with E-state index in [2.05, 4.69) is 39.1 Å². The third kappa shape index (κ3) is 2.91.